The van der Waals surface area contributed by atoms with Gasteiger partial charge in [0.05, 0.1) is 0 Å². The number of benzene rings is 6. The molecule has 0 saturated heterocycles. The molecule has 0 radical (unpaired) electrons. The van der Waals surface area contributed by atoms with E-state index in [9.17, 15) is 0 Å². The predicted octanol–water partition coefficient (Wildman–Crippen LogP) is 9.45. The monoisotopic (exact) mass is 448 g/mol. The molecule has 2 unspecified atom stereocenters. The van der Waals surface area contributed by atoms with Gasteiger partial charge in [-0.05, 0) is 109 Å². The normalized spacial score (nSPS) is 19.4. The van der Waals surface area contributed by atoms with E-state index in [1.54, 1.807) is 0 Å². The van der Waals surface area contributed by atoms with Crippen molar-refractivity contribution in [2.45, 2.75) is 43.9 Å². The third kappa shape index (κ3) is 3.06. The molecule has 6 aromatic carbocycles. The summed E-state index contributed by atoms with van der Waals surface area (Å²) in [6.45, 7) is 0. The maximum Gasteiger partial charge on any atom is -0.00926 e. The highest BCUT2D eigenvalue weighted by Gasteiger charge is 2.33. The standard InChI is InChI=1S/C35H28/c1-2-22-4-12-30-24(18-22)6-8-26-20-28(10-14-32(26)30)34-16-17-35(34)29-11-15-33-27(21-29)9-7-25-19-23(3-1)5-13-31(25)33/h4-15,18-21,34-35H,1-3,16-17H2. The van der Waals surface area contributed by atoms with Gasteiger partial charge in [0.1, 0.15) is 0 Å². The first-order valence-corrected chi connectivity index (χ1v) is 13.2. The second-order valence-electron chi connectivity index (χ2n) is 10.8. The third-order valence-electron chi connectivity index (χ3n) is 8.91. The van der Waals surface area contributed by atoms with Crippen LogP contribution in [0, 0.1) is 0 Å². The Morgan fingerprint density at radius 2 is 0.800 bits per heavy atom. The zero-order valence-corrected chi connectivity index (χ0v) is 19.9. The molecular weight excluding hydrogens is 420 g/mol. The molecule has 0 nitrogen and oxygen atoms in total. The Bertz CT molecular complexity index is 1650. The van der Waals surface area contributed by atoms with E-state index in [1.807, 2.05) is 0 Å². The summed E-state index contributed by atoms with van der Waals surface area (Å²) in [6, 6.07) is 38.0. The van der Waals surface area contributed by atoms with Crippen molar-refractivity contribution < 1.29 is 0 Å². The minimum atomic E-state index is 0.618. The highest BCUT2D eigenvalue weighted by atomic mass is 14.4. The second-order valence-corrected chi connectivity index (χ2v) is 10.8. The van der Waals surface area contributed by atoms with Gasteiger partial charge in [0.15, 0.2) is 0 Å². The summed E-state index contributed by atoms with van der Waals surface area (Å²) in [5.41, 5.74) is 5.89. The first kappa shape index (κ1) is 19.6. The van der Waals surface area contributed by atoms with Crippen molar-refractivity contribution in [3.05, 3.63) is 119 Å². The Labute approximate surface area is 206 Å². The van der Waals surface area contributed by atoms with Gasteiger partial charge in [0.2, 0.25) is 0 Å². The largest absolute Gasteiger partial charge is 0.0584 e. The molecule has 14 aliphatic rings. The van der Waals surface area contributed by atoms with Crippen molar-refractivity contribution >= 4 is 43.1 Å². The maximum absolute atomic E-state index is 2.47. The molecule has 14 aliphatic carbocycles. The van der Waals surface area contributed by atoms with Crippen LogP contribution in [0.1, 0.15) is 53.4 Å². The molecule has 1 fully saturated rings. The Morgan fingerprint density at radius 3 is 1.23 bits per heavy atom. The average molecular weight is 449 g/mol. The Balaban J connectivity index is 1.33. The fourth-order valence-corrected chi connectivity index (χ4v) is 6.85. The minimum Gasteiger partial charge on any atom is -0.0584 e. The van der Waals surface area contributed by atoms with Crippen LogP contribution >= 0.6 is 0 Å². The second kappa shape index (κ2) is 7.43. The molecule has 1 saturated carbocycles. The van der Waals surface area contributed by atoms with Crippen LogP contribution in [0.25, 0.3) is 43.1 Å². The van der Waals surface area contributed by atoms with Crippen LogP contribution in [0.15, 0.2) is 97.1 Å². The molecule has 0 N–H and O–H groups in total. The van der Waals surface area contributed by atoms with Gasteiger partial charge < -0.3 is 0 Å². The smallest absolute Gasteiger partial charge is 0.00926 e. The van der Waals surface area contributed by atoms with E-state index >= 15 is 0 Å². The molecule has 0 heterocycles. The molecule has 0 spiro atoms. The fraction of sp³-hybridized carbons (Fsp3) is 0.200. The first-order valence-electron chi connectivity index (χ1n) is 13.2. The van der Waals surface area contributed by atoms with Crippen LogP contribution in [-0.4, -0.2) is 0 Å². The Hall–Kier alpha value is -3.64. The highest BCUT2D eigenvalue weighted by molar-refractivity contribution is 6.08. The van der Waals surface area contributed by atoms with Gasteiger partial charge in [0.25, 0.3) is 0 Å². The predicted molar refractivity (Wildman–Crippen MR) is 150 cm³/mol. The van der Waals surface area contributed by atoms with Crippen molar-refractivity contribution in [3.63, 3.8) is 0 Å². The lowest BCUT2D eigenvalue weighted by Gasteiger charge is -2.38. The van der Waals surface area contributed by atoms with Crippen LogP contribution in [0.3, 0.4) is 0 Å². The minimum absolute atomic E-state index is 0.618. The SMILES string of the molecule is c1cc2c3ccc4cc(ccc42)C2CCC2c2ccc4c(ccc5cc(ccc54)CCCc1c3)c2. The van der Waals surface area contributed by atoms with Crippen LogP contribution in [-0.2, 0) is 12.8 Å². The molecule has 35 heavy (non-hydrogen) atoms. The quantitative estimate of drug-likeness (QED) is 0.203. The van der Waals surface area contributed by atoms with Gasteiger partial charge in [-0.2, -0.15) is 0 Å². The van der Waals surface area contributed by atoms with Gasteiger partial charge >= 0.3 is 0 Å². The molecule has 0 amide bonds. The van der Waals surface area contributed by atoms with Crippen molar-refractivity contribution in [1.29, 1.82) is 0 Å². The Morgan fingerprint density at radius 1 is 0.400 bits per heavy atom. The summed E-state index contributed by atoms with van der Waals surface area (Å²) in [5.74, 6) is 1.24. The lowest BCUT2D eigenvalue weighted by Crippen LogP contribution is -2.21. The molecule has 0 heteroatoms. The first-order chi connectivity index (χ1) is 17.3. The van der Waals surface area contributed by atoms with Gasteiger partial charge in [-0.1, -0.05) is 97.1 Å². The van der Waals surface area contributed by atoms with E-state index < -0.39 is 0 Å². The number of hydrogen-bond donors (Lipinski definition) is 0. The molecule has 6 aromatic rings. The highest BCUT2D eigenvalue weighted by Crippen LogP contribution is 2.50. The van der Waals surface area contributed by atoms with E-state index in [0.29, 0.717) is 11.8 Å². The number of hydrogen-bond acceptors (Lipinski definition) is 0. The lowest BCUT2D eigenvalue weighted by molar-refractivity contribution is 0.347. The van der Waals surface area contributed by atoms with E-state index in [-0.39, 0.29) is 0 Å². The summed E-state index contributed by atoms with van der Waals surface area (Å²) in [7, 11) is 0. The molecule has 168 valence electrons. The third-order valence-corrected chi connectivity index (χ3v) is 8.91. The lowest BCUT2D eigenvalue weighted by atomic mass is 9.66. The molecule has 0 aromatic heterocycles. The van der Waals surface area contributed by atoms with Gasteiger partial charge in [-0.15, -0.1) is 0 Å². The number of rotatable bonds is 0. The fourth-order valence-electron chi connectivity index (χ4n) is 6.85. The van der Waals surface area contributed by atoms with E-state index in [0.717, 1.165) is 12.8 Å². The zero-order valence-electron chi connectivity index (χ0n) is 19.9. The number of aryl methyl sites for hydroxylation is 2. The van der Waals surface area contributed by atoms with E-state index in [1.165, 1.54) is 84.6 Å². The van der Waals surface area contributed by atoms with Gasteiger partial charge in [-0.25, -0.2) is 0 Å². The van der Waals surface area contributed by atoms with Crippen molar-refractivity contribution in [3.8, 4) is 0 Å². The van der Waals surface area contributed by atoms with Crippen molar-refractivity contribution in [2.75, 3.05) is 0 Å². The summed E-state index contributed by atoms with van der Waals surface area (Å²) >= 11 is 0. The van der Waals surface area contributed by atoms with E-state index in [4.69, 9.17) is 0 Å². The summed E-state index contributed by atoms with van der Waals surface area (Å²) in [6.07, 6.45) is 5.98. The Kier molecular flexibility index (Phi) is 4.17. The molecular formula is C35H28. The molecule has 12 bridgehead atoms. The molecule has 2 atom stereocenters. The summed E-state index contributed by atoms with van der Waals surface area (Å²) < 4.78 is 0. The van der Waals surface area contributed by atoms with Crippen LogP contribution in [0.2, 0.25) is 0 Å². The van der Waals surface area contributed by atoms with Gasteiger partial charge in [0, 0.05) is 0 Å². The summed E-state index contributed by atoms with van der Waals surface area (Å²) in [5, 5.41) is 11.0. The van der Waals surface area contributed by atoms with Crippen LogP contribution in [0.4, 0.5) is 0 Å². The van der Waals surface area contributed by atoms with Crippen LogP contribution < -0.4 is 0 Å². The maximum atomic E-state index is 2.47. The van der Waals surface area contributed by atoms with E-state index in [2.05, 4.69) is 97.1 Å². The molecule has 0 aliphatic heterocycles. The van der Waals surface area contributed by atoms with Crippen molar-refractivity contribution in [1.82, 2.24) is 0 Å². The van der Waals surface area contributed by atoms with Crippen molar-refractivity contribution in [2.24, 2.45) is 0 Å². The van der Waals surface area contributed by atoms with Gasteiger partial charge in [-0.3, -0.25) is 0 Å². The topological polar surface area (TPSA) is 0 Å². The van der Waals surface area contributed by atoms with Crippen LogP contribution in [0.5, 0.6) is 0 Å². The zero-order chi connectivity index (χ0) is 22.9. The summed E-state index contributed by atoms with van der Waals surface area (Å²) in [4.78, 5) is 0. The molecule has 20 rings (SSSR count). The average Bonchev–Trinajstić information content (AvgIpc) is 2.87.